The van der Waals surface area contributed by atoms with Crippen molar-refractivity contribution in [3.8, 4) is 11.7 Å². The summed E-state index contributed by atoms with van der Waals surface area (Å²) in [5.41, 5.74) is -0.890. The van der Waals surface area contributed by atoms with Gasteiger partial charge in [0.05, 0.1) is 18.4 Å². The van der Waals surface area contributed by atoms with Crippen LogP contribution in [0.5, 0.6) is 0 Å². The van der Waals surface area contributed by atoms with Crippen LogP contribution >= 0.6 is 0 Å². The molecule has 0 aliphatic carbocycles. The molecule has 7 heteroatoms. The Morgan fingerprint density at radius 1 is 1.43 bits per heavy atom. The molecule has 0 saturated heterocycles. The number of carboxylic acid groups (broad SMARTS) is 1. The quantitative estimate of drug-likeness (QED) is 0.870. The van der Waals surface area contributed by atoms with Crippen molar-refractivity contribution >= 4 is 11.9 Å². The Kier molecular flexibility index (Phi) is 3.84. The Balaban J connectivity index is 2.10. The van der Waals surface area contributed by atoms with Crippen LogP contribution in [-0.4, -0.2) is 27.5 Å². The zero-order valence-corrected chi connectivity index (χ0v) is 12.0. The maximum atomic E-state index is 11.9. The molecule has 21 heavy (non-hydrogen) atoms. The van der Waals surface area contributed by atoms with E-state index in [0.29, 0.717) is 17.2 Å². The molecule has 2 aromatic rings. The summed E-state index contributed by atoms with van der Waals surface area (Å²) in [6.07, 6.45) is 1.43. The monoisotopic (exact) mass is 292 g/mol. The van der Waals surface area contributed by atoms with E-state index in [-0.39, 0.29) is 12.3 Å². The number of rotatable bonds is 5. The molecule has 0 radical (unpaired) electrons. The highest BCUT2D eigenvalue weighted by atomic mass is 16.4. The molecule has 0 fully saturated rings. The van der Waals surface area contributed by atoms with E-state index in [4.69, 9.17) is 13.9 Å². The van der Waals surface area contributed by atoms with Gasteiger partial charge in [0.25, 0.3) is 5.89 Å². The molecule has 112 valence electrons. The van der Waals surface area contributed by atoms with Crippen LogP contribution in [0.25, 0.3) is 11.7 Å². The summed E-state index contributed by atoms with van der Waals surface area (Å²) < 4.78 is 10.6. The Labute approximate surface area is 121 Å². The molecule has 0 spiro atoms. The van der Waals surface area contributed by atoms with Gasteiger partial charge in [-0.25, -0.2) is 9.78 Å². The van der Waals surface area contributed by atoms with Crippen molar-refractivity contribution in [3.63, 3.8) is 0 Å². The van der Waals surface area contributed by atoms with Crippen molar-refractivity contribution in [1.29, 1.82) is 0 Å². The van der Waals surface area contributed by atoms with Crippen LogP contribution in [0, 0.1) is 6.92 Å². The zero-order valence-electron chi connectivity index (χ0n) is 12.0. The number of aromatic nitrogens is 1. The molecule has 0 aliphatic heterocycles. The second kappa shape index (κ2) is 5.43. The van der Waals surface area contributed by atoms with E-state index < -0.39 is 17.4 Å². The standard InChI is InChI=1S/C14H16N2O5/c1-8-9(7-11(17)16-14(2,3)13(18)19)15-12(21-8)10-5-4-6-20-10/h4-6H,7H2,1-3H3,(H,16,17)(H,18,19). The molecular formula is C14H16N2O5. The van der Waals surface area contributed by atoms with Gasteiger partial charge in [0.15, 0.2) is 5.76 Å². The van der Waals surface area contributed by atoms with E-state index in [0.717, 1.165) is 0 Å². The fraction of sp³-hybridized carbons (Fsp3) is 0.357. The third kappa shape index (κ3) is 3.31. The summed E-state index contributed by atoms with van der Waals surface area (Å²) in [4.78, 5) is 27.1. The molecule has 0 saturated carbocycles. The van der Waals surface area contributed by atoms with E-state index in [1.165, 1.54) is 20.1 Å². The van der Waals surface area contributed by atoms with E-state index in [9.17, 15) is 9.59 Å². The van der Waals surface area contributed by atoms with E-state index in [1.54, 1.807) is 19.1 Å². The third-order valence-corrected chi connectivity index (χ3v) is 2.94. The molecular weight excluding hydrogens is 276 g/mol. The van der Waals surface area contributed by atoms with E-state index in [1.807, 2.05) is 0 Å². The number of nitrogens with zero attached hydrogens (tertiary/aromatic N) is 1. The largest absolute Gasteiger partial charge is 0.480 e. The number of nitrogens with one attached hydrogen (secondary N) is 1. The van der Waals surface area contributed by atoms with Crippen molar-refractivity contribution in [1.82, 2.24) is 10.3 Å². The lowest BCUT2D eigenvalue weighted by Crippen LogP contribution is -2.50. The zero-order chi connectivity index (χ0) is 15.6. The summed E-state index contributed by atoms with van der Waals surface area (Å²) in [5.74, 6) is -0.299. The van der Waals surface area contributed by atoms with Crippen LogP contribution in [0.3, 0.4) is 0 Å². The predicted molar refractivity (Wildman–Crippen MR) is 72.5 cm³/mol. The Hall–Kier alpha value is -2.57. The summed E-state index contributed by atoms with van der Waals surface area (Å²) >= 11 is 0. The van der Waals surface area contributed by atoms with Crippen molar-refractivity contribution in [2.24, 2.45) is 0 Å². The van der Waals surface area contributed by atoms with E-state index >= 15 is 0 Å². The van der Waals surface area contributed by atoms with Gasteiger partial charge in [0.1, 0.15) is 11.3 Å². The lowest BCUT2D eigenvalue weighted by atomic mass is 10.1. The summed E-state index contributed by atoms with van der Waals surface area (Å²) in [6, 6.07) is 3.40. The molecule has 2 N–H and O–H groups in total. The number of hydrogen-bond donors (Lipinski definition) is 2. The van der Waals surface area contributed by atoms with Gasteiger partial charge in [-0.1, -0.05) is 0 Å². The topological polar surface area (TPSA) is 106 Å². The number of aryl methyl sites for hydroxylation is 1. The van der Waals surface area contributed by atoms with Crippen LogP contribution in [0.4, 0.5) is 0 Å². The van der Waals surface area contributed by atoms with Crippen molar-refractivity contribution < 1.29 is 23.5 Å². The van der Waals surface area contributed by atoms with Crippen LogP contribution in [-0.2, 0) is 16.0 Å². The maximum Gasteiger partial charge on any atom is 0.328 e. The van der Waals surface area contributed by atoms with Crippen LogP contribution in [0.2, 0.25) is 0 Å². The van der Waals surface area contributed by atoms with Gasteiger partial charge in [-0.3, -0.25) is 4.79 Å². The van der Waals surface area contributed by atoms with Gasteiger partial charge >= 0.3 is 5.97 Å². The van der Waals surface area contributed by atoms with E-state index in [2.05, 4.69) is 10.3 Å². The van der Waals surface area contributed by atoms with Gasteiger partial charge in [-0.2, -0.15) is 0 Å². The number of oxazole rings is 1. The maximum absolute atomic E-state index is 11.9. The molecule has 0 aromatic carbocycles. The first-order valence-corrected chi connectivity index (χ1v) is 6.34. The predicted octanol–water partition coefficient (Wildman–Crippen LogP) is 1.76. The number of aliphatic carboxylic acids is 1. The van der Waals surface area contributed by atoms with Crippen LogP contribution in [0.1, 0.15) is 25.3 Å². The number of amides is 1. The first-order chi connectivity index (χ1) is 9.79. The van der Waals surface area contributed by atoms with Gasteiger partial charge < -0.3 is 19.3 Å². The molecule has 1 amide bonds. The molecule has 2 rings (SSSR count). The number of carbonyl (C=O) groups excluding carboxylic acids is 1. The second-order valence-corrected chi connectivity index (χ2v) is 5.15. The Bertz CT molecular complexity index is 655. The number of carboxylic acids is 1. The van der Waals surface area contributed by atoms with Crippen molar-refractivity contribution in [2.45, 2.75) is 32.7 Å². The average molecular weight is 292 g/mol. The van der Waals surface area contributed by atoms with Crippen LogP contribution in [0.15, 0.2) is 27.2 Å². The van der Waals surface area contributed by atoms with Crippen LogP contribution < -0.4 is 5.32 Å². The highest BCUT2D eigenvalue weighted by Crippen LogP contribution is 2.22. The second-order valence-electron chi connectivity index (χ2n) is 5.15. The fourth-order valence-corrected chi connectivity index (χ4v) is 1.70. The van der Waals surface area contributed by atoms with Gasteiger partial charge in [0, 0.05) is 0 Å². The average Bonchev–Trinajstić information content (AvgIpc) is 2.98. The van der Waals surface area contributed by atoms with Gasteiger partial charge in [0.2, 0.25) is 5.91 Å². The Morgan fingerprint density at radius 3 is 2.71 bits per heavy atom. The first kappa shape index (κ1) is 14.8. The summed E-state index contributed by atoms with van der Waals surface area (Å²) in [7, 11) is 0. The molecule has 2 heterocycles. The van der Waals surface area contributed by atoms with Gasteiger partial charge in [-0.05, 0) is 32.9 Å². The molecule has 0 unspecified atom stereocenters. The van der Waals surface area contributed by atoms with Crippen molar-refractivity contribution in [2.75, 3.05) is 0 Å². The molecule has 2 aromatic heterocycles. The third-order valence-electron chi connectivity index (χ3n) is 2.94. The SMILES string of the molecule is Cc1oc(-c2ccco2)nc1CC(=O)NC(C)(C)C(=O)O. The molecule has 7 nitrogen and oxygen atoms in total. The normalized spacial score (nSPS) is 11.4. The number of carbonyl (C=O) groups is 2. The molecule has 0 bridgehead atoms. The van der Waals surface area contributed by atoms with Gasteiger partial charge in [-0.15, -0.1) is 0 Å². The lowest BCUT2D eigenvalue weighted by Gasteiger charge is -2.20. The molecule has 0 aliphatic rings. The summed E-state index contributed by atoms with van der Waals surface area (Å²) in [6.45, 7) is 4.51. The number of hydrogen-bond acceptors (Lipinski definition) is 5. The highest BCUT2D eigenvalue weighted by Gasteiger charge is 2.29. The highest BCUT2D eigenvalue weighted by molar-refractivity contribution is 5.87. The lowest BCUT2D eigenvalue weighted by molar-refractivity contribution is -0.145. The minimum Gasteiger partial charge on any atom is -0.480 e. The van der Waals surface area contributed by atoms with Crippen molar-refractivity contribution in [3.05, 3.63) is 29.9 Å². The minimum atomic E-state index is -1.33. The Morgan fingerprint density at radius 2 is 2.14 bits per heavy atom. The molecule has 0 atom stereocenters. The minimum absolute atomic E-state index is 0.0627. The first-order valence-electron chi connectivity index (χ1n) is 6.34. The number of furan rings is 1. The summed E-state index contributed by atoms with van der Waals surface area (Å²) in [5, 5.41) is 11.4. The smallest absolute Gasteiger partial charge is 0.328 e. The fourth-order valence-electron chi connectivity index (χ4n) is 1.70.